The van der Waals surface area contributed by atoms with Gasteiger partial charge in [0, 0.05) is 36.7 Å². The van der Waals surface area contributed by atoms with Crippen molar-refractivity contribution in [3.63, 3.8) is 0 Å². The number of rotatable bonds is 6. The first kappa shape index (κ1) is 22.5. The van der Waals surface area contributed by atoms with Crippen LogP contribution in [0.3, 0.4) is 0 Å². The van der Waals surface area contributed by atoms with Crippen molar-refractivity contribution < 1.29 is 8.42 Å². The number of benzene rings is 2. The quantitative estimate of drug-likeness (QED) is 0.607. The van der Waals surface area contributed by atoms with Crippen LogP contribution >= 0.6 is 0 Å². The van der Waals surface area contributed by atoms with E-state index in [2.05, 4.69) is 46.4 Å². The summed E-state index contributed by atoms with van der Waals surface area (Å²) in [5.74, 6) is 0.489. The van der Waals surface area contributed by atoms with Crippen molar-refractivity contribution in [2.45, 2.75) is 32.2 Å². The molecule has 0 unspecified atom stereocenters. The Bertz CT molecular complexity index is 1260. The molecule has 1 fully saturated rings. The summed E-state index contributed by atoms with van der Waals surface area (Å²) in [5, 5.41) is 10.7. The van der Waals surface area contributed by atoms with Gasteiger partial charge in [-0.25, -0.2) is 12.7 Å². The normalized spacial score (nSPS) is 16.0. The molecular formula is C25H30N4O2S. The van der Waals surface area contributed by atoms with E-state index in [-0.39, 0.29) is 5.75 Å². The smallest absolute Gasteiger partial charge is 0.213 e. The molecule has 1 aliphatic heterocycles. The Morgan fingerprint density at radius 1 is 1.12 bits per heavy atom. The molecular weight excluding hydrogens is 420 g/mol. The lowest BCUT2D eigenvalue weighted by molar-refractivity contribution is 0.321. The fourth-order valence-corrected chi connectivity index (χ4v) is 5.80. The maximum Gasteiger partial charge on any atom is 0.213 e. The third-order valence-electron chi connectivity index (χ3n) is 6.32. The predicted octanol–water partition coefficient (Wildman–Crippen LogP) is 4.30. The summed E-state index contributed by atoms with van der Waals surface area (Å²) in [7, 11) is 0.921. The van der Waals surface area contributed by atoms with E-state index in [0.717, 1.165) is 41.6 Å². The third-order valence-corrected chi connectivity index (χ3v) is 8.20. The van der Waals surface area contributed by atoms with Crippen molar-refractivity contribution in [3.05, 3.63) is 59.3 Å². The molecule has 0 amide bonds. The maximum atomic E-state index is 12.2. The van der Waals surface area contributed by atoms with Crippen molar-refractivity contribution in [2.24, 2.45) is 0 Å². The van der Waals surface area contributed by atoms with E-state index >= 15 is 0 Å². The molecule has 0 aliphatic carbocycles. The minimum atomic E-state index is -3.12. The number of hydrogen-bond donors (Lipinski definition) is 1. The minimum Gasteiger partial charge on any atom is -0.361 e. The molecule has 3 aromatic rings. The second-order valence-electron chi connectivity index (χ2n) is 8.85. The Balaban J connectivity index is 1.65. The topological polar surface area (TPSA) is 80.2 Å². The number of hydrogen-bond acceptors (Lipinski definition) is 4. The van der Waals surface area contributed by atoms with E-state index in [9.17, 15) is 13.7 Å². The molecule has 7 heteroatoms. The Kier molecular flexibility index (Phi) is 6.38. The second kappa shape index (κ2) is 9.07. The fourth-order valence-electron chi connectivity index (χ4n) is 4.67. The van der Waals surface area contributed by atoms with Crippen LogP contribution in [0.5, 0.6) is 0 Å². The Morgan fingerprint density at radius 3 is 2.53 bits per heavy atom. The molecule has 0 atom stereocenters. The Hall–Kier alpha value is -2.66. The number of aromatic amines is 1. The van der Waals surface area contributed by atoms with Gasteiger partial charge in [0.25, 0.3) is 0 Å². The van der Waals surface area contributed by atoms with Gasteiger partial charge in [-0.05, 0) is 92.4 Å². The largest absolute Gasteiger partial charge is 0.361 e. The summed E-state index contributed by atoms with van der Waals surface area (Å²) < 4.78 is 26.0. The van der Waals surface area contributed by atoms with E-state index in [1.807, 2.05) is 26.2 Å². The molecule has 4 rings (SSSR count). The summed E-state index contributed by atoms with van der Waals surface area (Å²) in [4.78, 5) is 5.48. The van der Waals surface area contributed by atoms with E-state index in [1.54, 1.807) is 11.2 Å². The van der Waals surface area contributed by atoms with E-state index in [4.69, 9.17) is 0 Å². The molecule has 0 spiro atoms. The summed E-state index contributed by atoms with van der Waals surface area (Å²) in [6.07, 6.45) is 3.73. The zero-order valence-electron chi connectivity index (χ0n) is 18.9. The van der Waals surface area contributed by atoms with Gasteiger partial charge in [-0.2, -0.15) is 5.26 Å². The van der Waals surface area contributed by atoms with Gasteiger partial charge in [0.1, 0.15) is 0 Å². The van der Waals surface area contributed by atoms with Crippen molar-refractivity contribution >= 4 is 20.9 Å². The summed E-state index contributed by atoms with van der Waals surface area (Å²) in [6.45, 7) is 3.63. The monoisotopic (exact) mass is 450 g/mol. The fraction of sp³-hybridized carbons (Fsp3) is 0.400. The average molecular weight is 451 g/mol. The highest BCUT2D eigenvalue weighted by molar-refractivity contribution is 7.89. The first-order valence-electron chi connectivity index (χ1n) is 11.1. The minimum absolute atomic E-state index is 0.158. The number of fused-ring (bicyclic) bond motifs is 1. The molecule has 168 valence electrons. The van der Waals surface area contributed by atoms with Crippen molar-refractivity contribution in [2.75, 3.05) is 32.9 Å². The van der Waals surface area contributed by atoms with E-state index in [0.29, 0.717) is 24.6 Å². The van der Waals surface area contributed by atoms with Crippen molar-refractivity contribution in [1.82, 2.24) is 14.2 Å². The molecule has 0 saturated carbocycles. The van der Waals surface area contributed by atoms with Gasteiger partial charge in [0.2, 0.25) is 10.0 Å². The molecule has 2 heterocycles. The Morgan fingerprint density at radius 2 is 1.88 bits per heavy atom. The lowest BCUT2D eigenvalue weighted by Gasteiger charge is -2.30. The predicted molar refractivity (Wildman–Crippen MR) is 129 cm³/mol. The van der Waals surface area contributed by atoms with Crippen LogP contribution in [0.1, 0.15) is 42.4 Å². The SMILES string of the molecule is CCS(=O)(=O)N1CCC(c2c[nH]c3ccc(-c4cc(C#N)cc(CN(C)C)c4)cc23)CC1. The number of H-pyrrole nitrogens is 1. The van der Waals surface area contributed by atoms with Crippen molar-refractivity contribution in [3.8, 4) is 17.2 Å². The molecule has 32 heavy (non-hydrogen) atoms. The number of sulfonamides is 1. The molecule has 1 saturated heterocycles. The average Bonchev–Trinajstić information content (AvgIpc) is 3.21. The number of nitrogens with zero attached hydrogens (tertiary/aromatic N) is 3. The highest BCUT2D eigenvalue weighted by atomic mass is 32.2. The summed E-state index contributed by atoms with van der Waals surface area (Å²) in [5.41, 5.74) is 6.24. The van der Waals surface area contributed by atoms with Crippen molar-refractivity contribution in [1.29, 1.82) is 5.26 Å². The van der Waals surface area contributed by atoms with Crippen LogP contribution in [0.25, 0.3) is 22.0 Å². The number of aromatic nitrogens is 1. The number of piperidine rings is 1. The summed E-state index contributed by atoms with van der Waals surface area (Å²) in [6, 6.07) is 14.7. The summed E-state index contributed by atoms with van der Waals surface area (Å²) >= 11 is 0. The number of nitriles is 1. The second-order valence-corrected chi connectivity index (χ2v) is 11.1. The van der Waals surface area contributed by atoms with E-state index in [1.165, 1.54) is 10.9 Å². The third kappa shape index (κ3) is 4.58. The molecule has 1 N–H and O–H groups in total. The van der Waals surface area contributed by atoms with Gasteiger partial charge in [0.15, 0.2) is 0 Å². The van der Waals surface area contributed by atoms with Gasteiger partial charge < -0.3 is 9.88 Å². The van der Waals surface area contributed by atoms with Crippen LogP contribution in [0.2, 0.25) is 0 Å². The Labute approximate surface area is 190 Å². The van der Waals surface area contributed by atoms with E-state index < -0.39 is 10.0 Å². The van der Waals surface area contributed by atoms with Crippen LogP contribution in [-0.2, 0) is 16.6 Å². The van der Waals surface area contributed by atoms with Gasteiger partial charge in [0.05, 0.1) is 17.4 Å². The zero-order valence-corrected chi connectivity index (χ0v) is 19.7. The van der Waals surface area contributed by atoms with Crippen LogP contribution in [-0.4, -0.2) is 55.5 Å². The van der Waals surface area contributed by atoms with Crippen LogP contribution in [0, 0.1) is 11.3 Å². The first-order chi connectivity index (χ1) is 15.3. The van der Waals surface area contributed by atoms with Gasteiger partial charge in [-0.1, -0.05) is 6.07 Å². The highest BCUT2D eigenvalue weighted by Crippen LogP contribution is 2.36. The standard InChI is InChI=1S/C25H30N4O2S/c1-4-32(30,31)29-9-7-20(8-10-29)24-16-27-25-6-5-21(14-23(24)25)22-12-18(15-26)11-19(13-22)17-28(2)3/h5-6,11-14,16,20,27H,4,7-10,17H2,1-3H3. The maximum absolute atomic E-state index is 12.2. The first-order valence-corrected chi connectivity index (χ1v) is 12.7. The molecule has 0 radical (unpaired) electrons. The number of nitrogens with one attached hydrogen (secondary N) is 1. The highest BCUT2D eigenvalue weighted by Gasteiger charge is 2.28. The lowest BCUT2D eigenvalue weighted by Crippen LogP contribution is -2.38. The molecule has 1 aromatic heterocycles. The molecule has 1 aliphatic rings. The van der Waals surface area contributed by atoms with Crippen LogP contribution in [0.15, 0.2) is 42.6 Å². The zero-order chi connectivity index (χ0) is 22.9. The van der Waals surface area contributed by atoms with Gasteiger partial charge >= 0.3 is 0 Å². The lowest BCUT2D eigenvalue weighted by atomic mass is 9.89. The van der Waals surface area contributed by atoms with Crippen LogP contribution < -0.4 is 0 Å². The molecule has 0 bridgehead atoms. The molecule has 2 aromatic carbocycles. The van der Waals surface area contributed by atoms with Gasteiger partial charge in [-0.3, -0.25) is 0 Å². The van der Waals surface area contributed by atoms with Crippen LogP contribution in [0.4, 0.5) is 0 Å². The van der Waals surface area contributed by atoms with Gasteiger partial charge in [-0.15, -0.1) is 0 Å². The molecule has 6 nitrogen and oxygen atoms in total.